The highest BCUT2D eigenvalue weighted by molar-refractivity contribution is 6.67. The summed E-state index contributed by atoms with van der Waals surface area (Å²) in [5.74, 6) is 0. The van der Waals surface area contributed by atoms with Crippen LogP contribution in [-0.4, -0.2) is 62.7 Å². The normalized spacial score (nSPS) is 43.8. The van der Waals surface area contributed by atoms with Crippen molar-refractivity contribution < 1.29 is 29.5 Å². The molecule has 2 heterocycles. The highest BCUT2D eigenvalue weighted by atomic mass is 35.6. The number of fused-ring (bicyclic) bond motifs is 1. The van der Waals surface area contributed by atoms with E-state index in [0.29, 0.717) is 0 Å². The molecule has 0 unspecified atom stereocenters. The predicted molar refractivity (Wildman–Crippen MR) is 57.8 cm³/mol. The van der Waals surface area contributed by atoms with Crippen molar-refractivity contribution in [2.75, 3.05) is 6.61 Å². The van der Waals surface area contributed by atoms with Crippen LogP contribution in [0.25, 0.3) is 0 Å². The Kier molecular flexibility index (Phi) is 4.10. The fourth-order valence-electron chi connectivity index (χ4n) is 1.79. The van der Waals surface area contributed by atoms with Gasteiger partial charge in [0.25, 0.3) is 0 Å². The maximum absolute atomic E-state index is 9.81. The molecule has 2 aliphatic rings. The van der Waals surface area contributed by atoms with Gasteiger partial charge in [0.15, 0.2) is 6.29 Å². The number of rotatable bonds is 2. The van der Waals surface area contributed by atoms with Crippen LogP contribution in [0.2, 0.25) is 0 Å². The van der Waals surface area contributed by atoms with Gasteiger partial charge in [-0.15, -0.1) is 0 Å². The van der Waals surface area contributed by atoms with Gasteiger partial charge in [-0.1, -0.05) is 34.8 Å². The van der Waals surface area contributed by atoms with Gasteiger partial charge in [-0.3, -0.25) is 0 Å². The van der Waals surface area contributed by atoms with Crippen molar-refractivity contribution in [2.24, 2.45) is 0 Å². The lowest BCUT2D eigenvalue weighted by atomic mass is 10.1. The summed E-state index contributed by atoms with van der Waals surface area (Å²) >= 11 is 16.7. The Morgan fingerprint density at radius 1 is 1.18 bits per heavy atom. The van der Waals surface area contributed by atoms with Crippen molar-refractivity contribution in [3.63, 3.8) is 0 Å². The molecule has 2 saturated heterocycles. The van der Waals surface area contributed by atoms with E-state index in [9.17, 15) is 10.2 Å². The highest BCUT2D eigenvalue weighted by Gasteiger charge is 2.57. The second-order valence-corrected chi connectivity index (χ2v) is 6.19. The van der Waals surface area contributed by atoms with Gasteiger partial charge < -0.3 is 29.5 Å². The fourth-order valence-corrected chi connectivity index (χ4v) is 2.10. The standard InChI is InChI=1S/C8H11Cl3O6/c9-8(10,11)7-16-5-3(14)4(2(13)1-12)15-6(5)17-7/h2-7,12-14H,1H2/t2-,3-,4-,5+,6+,7+/m0/s1. The Bertz CT molecular complexity index is 285. The molecule has 0 saturated carbocycles. The van der Waals surface area contributed by atoms with Crippen LogP contribution in [0.15, 0.2) is 0 Å². The molecule has 2 rings (SSSR count). The Morgan fingerprint density at radius 3 is 2.29 bits per heavy atom. The molecule has 2 fully saturated rings. The van der Waals surface area contributed by atoms with Gasteiger partial charge >= 0.3 is 0 Å². The Hall–Kier alpha value is 0.630. The molecule has 2 aliphatic heterocycles. The van der Waals surface area contributed by atoms with Crippen LogP contribution in [0.3, 0.4) is 0 Å². The highest BCUT2D eigenvalue weighted by Crippen LogP contribution is 2.42. The van der Waals surface area contributed by atoms with Crippen LogP contribution in [0, 0.1) is 0 Å². The molecule has 100 valence electrons. The predicted octanol–water partition coefficient (Wildman–Crippen LogP) is -0.463. The summed E-state index contributed by atoms with van der Waals surface area (Å²) in [4.78, 5) is 0. The van der Waals surface area contributed by atoms with Gasteiger partial charge in [-0.2, -0.15) is 0 Å². The number of aliphatic hydroxyl groups excluding tert-OH is 3. The fraction of sp³-hybridized carbons (Fsp3) is 1.00. The lowest BCUT2D eigenvalue weighted by Gasteiger charge is -2.24. The van der Waals surface area contributed by atoms with E-state index >= 15 is 0 Å². The monoisotopic (exact) mass is 308 g/mol. The maximum atomic E-state index is 9.81. The second-order valence-electron chi connectivity index (χ2n) is 3.82. The second kappa shape index (κ2) is 4.96. The zero-order chi connectivity index (χ0) is 12.8. The molecule has 0 spiro atoms. The van der Waals surface area contributed by atoms with E-state index in [1.807, 2.05) is 0 Å². The van der Waals surface area contributed by atoms with E-state index in [1.165, 1.54) is 0 Å². The Labute approximate surface area is 112 Å². The molecule has 6 nitrogen and oxygen atoms in total. The van der Waals surface area contributed by atoms with Crippen molar-refractivity contribution in [2.45, 2.75) is 40.8 Å². The van der Waals surface area contributed by atoms with Crippen LogP contribution in [0.4, 0.5) is 0 Å². The molecule has 3 N–H and O–H groups in total. The minimum Gasteiger partial charge on any atom is -0.394 e. The van der Waals surface area contributed by atoms with Crippen LogP contribution in [-0.2, 0) is 14.2 Å². The van der Waals surface area contributed by atoms with Gasteiger partial charge in [-0.05, 0) is 0 Å². The van der Waals surface area contributed by atoms with E-state index in [1.54, 1.807) is 0 Å². The molecule has 0 amide bonds. The first-order valence-corrected chi connectivity index (χ1v) is 5.98. The van der Waals surface area contributed by atoms with E-state index in [0.717, 1.165) is 0 Å². The molecule has 0 aromatic rings. The number of ether oxygens (including phenoxy) is 3. The van der Waals surface area contributed by atoms with Crippen LogP contribution in [0.1, 0.15) is 0 Å². The first kappa shape index (κ1) is 14.0. The lowest BCUT2D eigenvalue weighted by Crippen LogP contribution is -2.42. The molecule has 0 bridgehead atoms. The van der Waals surface area contributed by atoms with Crippen molar-refractivity contribution in [3.8, 4) is 0 Å². The minimum atomic E-state index is -1.79. The lowest BCUT2D eigenvalue weighted by molar-refractivity contribution is -0.188. The first-order valence-electron chi connectivity index (χ1n) is 4.84. The van der Waals surface area contributed by atoms with Gasteiger partial charge in [0.2, 0.25) is 10.1 Å². The van der Waals surface area contributed by atoms with E-state index < -0.39 is 47.4 Å². The molecule has 0 radical (unpaired) electrons. The van der Waals surface area contributed by atoms with Gasteiger partial charge in [0.1, 0.15) is 24.4 Å². The molecule has 6 atom stereocenters. The molecule has 9 heteroatoms. The van der Waals surface area contributed by atoms with E-state index in [4.69, 9.17) is 54.1 Å². The number of halogens is 3. The quantitative estimate of drug-likeness (QED) is 0.598. The van der Waals surface area contributed by atoms with Crippen LogP contribution < -0.4 is 0 Å². The number of hydrogen-bond acceptors (Lipinski definition) is 6. The summed E-state index contributed by atoms with van der Waals surface area (Å²) in [6.45, 7) is -0.547. The molecular weight excluding hydrogens is 298 g/mol. The van der Waals surface area contributed by atoms with Crippen LogP contribution >= 0.6 is 34.8 Å². The molecule has 0 aromatic heterocycles. The minimum absolute atomic E-state index is 0.547. The SMILES string of the molecule is OC[C@H](O)[C@@H]1O[C@@H]2O[C@H](C(Cl)(Cl)Cl)O[C@@H]2[C@H]1O. The van der Waals surface area contributed by atoms with Crippen molar-refractivity contribution in [1.29, 1.82) is 0 Å². The third kappa shape index (κ3) is 2.65. The maximum Gasteiger partial charge on any atom is 0.241 e. The average Bonchev–Trinajstić information content (AvgIpc) is 2.77. The van der Waals surface area contributed by atoms with E-state index in [2.05, 4.69) is 0 Å². The number of hydrogen-bond donors (Lipinski definition) is 3. The topological polar surface area (TPSA) is 88.4 Å². The average molecular weight is 310 g/mol. The summed E-state index contributed by atoms with van der Waals surface area (Å²) in [7, 11) is 0. The summed E-state index contributed by atoms with van der Waals surface area (Å²) < 4.78 is 13.8. The Morgan fingerprint density at radius 2 is 1.82 bits per heavy atom. The van der Waals surface area contributed by atoms with Gasteiger partial charge in [0.05, 0.1) is 6.61 Å². The van der Waals surface area contributed by atoms with Gasteiger partial charge in [-0.25, -0.2) is 0 Å². The molecular formula is C8H11Cl3O6. The molecule has 0 aromatic carbocycles. The third-order valence-corrected chi connectivity index (χ3v) is 3.14. The summed E-state index contributed by atoms with van der Waals surface area (Å²) in [5, 5.41) is 28.0. The zero-order valence-corrected chi connectivity index (χ0v) is 10.6. The zero-order valence-electron chi connectivity index (χ0n) is 8.37. The van der Waals surface area contributed by atoms with Crippen LogP contribution in [0.5, 0.6) is 0 Å². The number of aliphatic hydroxyl groups is 3. The van der Waals surface area contributed by atoms with Crippen molar-refractivity contribution in [1.82, 2.24) is 0 Å². The first-order chi connectivity index (χ1) is 7.84. The third-order valence-electron chi connectivity index (χ3n) is 2.60. The summed E-state index contributed by atoms with van der Waals surface area (Å²) in [5.41, 5.74) is 0. The van der Waals surface area contributed by atoms with Crippen molar-refractivity contribution in [3.05, 3.63) is 0 Å². The molecule has 0 aliphatic carbocycles. The summed E-state index contributed by atoms with van der Waals surface area (Å²) in [6, 6.07) is 0. The van der Waals surface area contributed by atoms with Crippen molar-refractivity contribution >= 4 is 34.8 Å². The smallest absolute Gasteiger partial charge is 0.241 e. The Balaban J connectivity index is 2.01. The largest absolute Gasteiger partial charge is 0.394 e. The summed E-state index contributed by atoms with van der Waals surface area (Å²) in [6.07, 6.45) is -6.33. The van der Waals surface area contributed by atoms with Gasteiger partial charge in [0, 0.05) is 0 Å². The van der Waals surface area contributed by atoms with E-state index in [-0.39, 0.29) is 0 Å². The molecule has 17 heavy (non-hydrogen) atoms. The number of alkyl halides is 3.